The van der Waals surface area contributed by atoms with E-state index in [1.807, 2.05) is 74.6 Å². The summed E-state index contributed by atoms with van der Waals surface area (Å²) in [5.74, 6) is -0.410. The first-order valence-electron chi connectivity index (χ1n) is 10.2. The van der Waals surface area contributed by atoms with E-state index in [4.69, 9.17) is 0 Å². The summed E-state index contributed by atoms with van der Waals surface area (Å²) in [6.45, 7) is 4.67. The maximum absolute atomic E-state index is 12.8. The molecule has 1 amide bonds. The van der Waals surface area contributed by atoms with E-state index in [1.165, 1.54) is 5.56 Å². The number of benzene rings is 3. The largest absolute Gasteiger partial charge is 0.342 e. The van der Waals surface area contributed by atoms with E-state index in [1.54, 1.807) is 6.08 Å². The van der Waals surface area contributed by atoms with Crippen molar-refractivity contribution in [2.45, 2.75) is 20.4 Å². The molecular weight excluding hydrogens is 382 g/mol. The van der Waals surface area contributed by atoms with Gasteiger partial charge < -0.3 is 9.88 Å². The van der Waals surface area contributed by atoms with Crippen molar-refractivity contribution < 1.29 is 4.79 Å². The van der Waals surface area contributed by atoms with Crippen LogP contribution in [0.5, 0.6) is 0 Å². The number of fused-ring (bicyclic) bond motifs is 1. The molecular formula is C27H23N3O. The molecule has 4 rings (SSSR count). The molecule has 0 spiro atoms. The average Bonchev–Trinajstić information content (AvgIpc) is 3.09. The number of nitrogens with zero attached hydrogens (tertiary/aromatic N) is 2. The van der Waals surface area contributed by atoms with E-state index in [0.29, 0.717) is 12.2 Å². The lowest BCUT2D eigenvalue weighted by molar-refractivity contribution is -0.112. The van der Waals surface area contributed by atoms with Crippen LogP contribution in [0.25, 0.3) is 17.0 Å². The van der Waals surface area contributed by atoms with Crippen LogP contribution in [0.2, 0.25) is 0 Å². The summed E-state index contributed by atoms with van der Waals surface area (Å²) in [7, 11) is 0. The average molecular weight is 406 g/mol. The van der Waals surface area contributed by atoms with Gasteiger partial charge >= 0.3 is 0 Å². The highest BCUT2D eigenvalue weighted by atomic mass is 16.1. The number of hydrogen-bond acceptors (Lipinski definition) is 2. The van der Waals surface area contributed by atoms with Gasteiger partial charge in [0.25, 0.3) is 5.91 Å². The van der Waals surface area contributed by atoms with E-state index >= 15 is 0 Å². The minimum absolute atomic E-state index is 0.0711. The van der Waals surface area contributed by atoms with Crippen LogP contribution in [-0.2, 0) is 11.3 Å². The monoisotopic (exact) mass is 405 g/mol. The Bertz CT molecular complexity index is 1300. The highest BCUT2D eigenvalue weighted by Crippen LogP contribution is 2.25. The molecule has 152 valence electrons. The van der Waals surface area contributed by atoms with Crippen molar-refractivity contribution in [2.24, 2.45) is 0 Å². The molecule has 0 saturated carbocycles. The Morgan fingerprint density at radius 3 is 2.39 bits per heavy atom. The maximum Gasteiger partial charge on any atom is 0.266 e. The summed E-state index contributed by atoms with van der Waals surface area (Å²) in [4.78, 5) is 12.8. The Morgan fingerprint density at radius 2 is 1.68 bits per heavy atom. The Morgan fingerprint density at radius 1 is 1.00 bits per heavy atom. The molecule has 4 aromatic rings. The molecule has 1 N–H and O–H groups in total. The molecule has 0 saturated heterocycles. The Balaban J connectivity index is 1.68. The van der Waals surface area contributed by atoms with Crippen molar-refractivity contribution in [1.82, 2.24) is 4.57 Å². The fourth-order valence-corrected chi connectivity index (χ4v) is 3.85. The van der Waals surface area contributed by atoms with Crippen LogP contribution in [0.3, 0.4) is 0 Å². The second-order valence-corrected chi connectivity index (χ2v) is 7.72. The van der Waals surface area contributed by atoms with Crippen molar-refractivity contribution in [2.75, 3.05) is 5.32 Å². The first-order valence-corrected chi connectivity index (χ1v) is 10.2. The van der Waals surface area contributed by atoms with Gasteiger partial charge in [-0.2, -0.15) is 5.26 Å². The molecule has 0 aliphatic rings. The normalized spacial score (nSPS) is 11.3. The third-order valence-corrected chi connectivity index (χ3v) is 5.16. The summed E-state index contributed by atoms with van der Waals surface area (Å²) in [6, 6.07) is 26.1. The lowest BCUT2D eigenvalue weighted by Crippen LogP contribution is -2.13. The van der Waals surface area contributed by atoms with Gasteiger partial charge in [0.2, 0.25) is 0 Å². The smallest absolute Gasteiger partial charge is 0.266 e. The number of anilines is 1. The molecule has 0 unspecified atom stereocenters. The summed E-state index contributed by atoms with van der Waals surface area (Å²) in [5.41, 5.74) is 5.97. The summed E-state index contributed by atoms with van der Waals surface area (Å²) in [6.07, 6.45) is 3.67. The molecule has 0 bridgehead atoms. The van der Waals surface area contributed by atoms with Crippen molar-refractivity contribution in [3.05, 3.63) is 107 Å². The predicted molar refractivity (Wildman–Crippen MR) is 126 cm³/mol. The van der Waals surface area contributed by atoms with E-state index in [9.17, 15) is 10.1 Å². The minimum Gasteiger partial charge on any atom is -0.342 e. The predicted octanol–water partition coefficient (Wildman–Crippen LogP) is 5.85. The molecule has 0 radical (unpaired) electrons. The van der Waals surface area contributed by atoms with E-state index in [-0.39, 0.29) is 5.57 Å². The highest BCUT2D eigenvalue weighted by molar-refractivity contribution is 6.10. The second kappa shape index (κ2) is 8.73. The van der Waals surface area contributed by atoms with Gasteiger partial charge in [0.05, 0.1) is 0 Å². The second-order valence-electron chi connectivity index (χ2n) is 7.72. The van der Waals surface area contributed by atoms with Gasteiger partial charge in [-0.1, -0.05) is 54.6 Å². The number of nitrogens with one attached hydrogen (secondary N) is 1. The molecule has 0 aliphatic carbocycles. The lowest BCUT2D eigenvalue weighted by Gasteiger charge is -2.07. The number of hydrogen-bond donors (Lipinski definition) is 1. The standard InChI is InChI=1S/C27H23N3O/c1-19-12-20(2)14-24(13-19)29-27(31)22(16-28)15-23-18-30(17-21-8-4-3-5-9-21)26-11-7-6-10-25(23)26/h3-15,18H,17H2,1-2H3,(H,29,31)/b22-15+. The fourth-order valence-electron chi connectivity index (χ4n) is 3.85. The van der Waals surface area contributed by atoms with Gasteiger partial charge in [0.15, 0.2) is 0 Å². The van der Waals surface area contributed by atoms with Crippen molar-refractivity contribution in [1.29, 1.82) is 5.26 Å². The maximum atomic E-state index is 12.8. The minimum atomic E-state index is -0.410. The molecule has 4 heteroatoms. The van der Waals surface area contributed by atoms with Crippen LogP contribution in [0.4, 0.5) is 5.69 Å². The number of aromatic nitrogens is 1. The van der Waals surface area contributed by atoms with Gasteiger partial charge in [-0.15, -0.1) is 0 Å². The zero-order valence-corrected chi connectivity index (χ0v) is 17.6. The molecule has 31 heavy (non-hydrogen) atoms. The van der Waals surface area contributed by atoms with E-state index in [2.05, 4.69) is 34.2 Å². The Labute approximate surface area is 182 Å². The number of carbonyl (C=O) groups is 1. The molecule has 1 heterocycles. The van der Waals surface area contributed by atoms with Crippen LogP contribution in [0, 0.1) is 25.2 Å². The van der Waals surface area contributed by atoms with Crippen LogP contribution >= 0.6 is 0 Å². The zero-order valence-electron chi connectivity index (χ0n) is 17.6. The van der Waals surface area contributed by atoms with Gasteiger partial charge in [-0.3, -0.25) is 4.79 Å². The molecule has 3 aromatic carbocycles. The van der Waals surface area contributed by atoms with Crippen molar-refractivity contribution >= 4 is 28.6 Å². The molecule has 0 aliphatic heterocycles. The lowest BCUT2D eigenvalue weighted by atomic mass is 10.1. The van der Waals surface area contributed by atoms with E-state index in [0.717, 1.165) is 27.6 Å². The number of rotatable bonds is 5. The SMILES string of the molecule is Cc1cc(C)cc(NC(=O)/C(C#N)=C/c2cn(Cc3ccccc3)c3ccccc23)c1. The molecule has 4 nitrogen and oxygen atoms in total. The number of para-hydroxylation sites is 1. The van der Waals surface area contributed by atoms with Crippen LogP contribution < -0.4 is 5.32 Å². The Hall–Kier alpha value is -4.10. The van der Waals surface area contributed by atoms with Crippen molar-refractivity contribution in [3.8, 4) is 6.07 Å². The summed E-state index contributed by atoms with van der Waals surface area (Å²) in [5, 5.41) is 13.5. The number of amides is 1. The van der Waals surface area contributed by atoms with Crippen LogP contribution in [-0.4, -0.2) is 10.5 Å². The topological polar surface area (TPSA) is 57.8 Å². The summed E-state index contributed by atoms with van der Waals surface area (Å²) >= 11 is 0. The molecule has 1 aromatic heterocycles. The van der Waals surface area contributed by atoms with Gasteiger partial charge in [-0.25, -0.2) is 0 Å². The van der Waals surface area contributed by atoms with Gasteiger partial charge in [0, 0.05) is 34.9 Å². The first kappa shape index (κ1) is 20.2. The van der Waals surface area contributed by atoms with Crippen molar-refractivity contribution in [3.63, 3.8) is 0 Å². The Kier molecular flexibility index (Phi) is 5.68. The third kappa shape index (κ3) is 4.57. The van der Waals surface area contributed by atoms with Crippen LogP contribution in [0.1, 0.15) is 22.3 Å². The third-order valence-electron chi connectivity index (χ3n) is 5.16. The van der Waals surface area contributed by atoms with Gasteiger partial charge in [-0.05, 0) is 54.8 Å². The molecule has 0 atom stereocenters. The quantitative estimate of drug-likeness (QED) is 0.334. The molecule has 0 fully saturated rings. The number of aryl methyl sites for hydroxylation is 2. The zero-order chi connectivity index (χ0) is 21.8. The number of nitriles is 1. The summed E-state index contributed by atoms with van der Waals surface area (Å²) < 4.78 is 2.15. The number of carbonyl (C=O) groups excluding carboxylic acids is 1. The van der Waals surface area contributed by atoms with Gasteiger partial charge in [0.1, 0.15) is 11.6 Å². The first-order chi connectivity index (χ1) is 15.0. The van der Waals surface area contributed by atoms with E-state index < -0.39 is 5.91 Å². The highest BCUT2D eigenvalue weighted by Gasteiger charge is 2.13. The fraction of sp³-hybridized carbons (Fsp3) is 0.111. The van der Waals surface area contributed by atoms with Crippen LogP contribution in [0.15, 0.2) is 84.6 Å².